The second-order valence-corrected chi connectivity index (χ2v) is 4.35. The Bertz CT molecular complexity index is 344. The highest BCUT2D eigenvalue weighted by Gasteiger charge is 2.29. The summed E-state index contributed by atoms with van der Waals surface area (Å²) in [5.74, 6) is 0.496. The molecule has 2 N–H and O–H groups in total. The van der Waals surface area contributed by atoms with Crippen LogP contribution in [-0.2, 0) is 0 Å². The van der Waals surface area contributed by atoms with Crippen LogP contribution in [0.4, 0.5) is 5.69 Å². The monoisotopic (exact) mass is 190 g/mol. The van der Waals surface area contributed by atoms with E-state index in [1.165, 1.54) is 16.8 Å². The molecule has 1 aliphatic rings. The summed E-state index contributed by atoms with van der Waals surface area (Å²) in [6.07, 6.45) is 0. The lowest BCUT2D eigenvalue weighted by atomic mass is 9.92. The fourth-order valence-electron chi connectivity index (χ4n) is 2.39. The lowest BCUT2D eigenvalue weighted by Crippen LogP contribution is -2.28. The Morgan fingerprint density at radius 3 is 2.86 bits per heavy atom. The summed E-state index contributed by atoms with van der Waals surface area (Å²) in [6.45, 7) is 5.32. The largest absolute Gasteiger partial charge is 0.374 e. The van der Waals surface area contributed by atoms with Crippen molar-refractivity contribution < 1.29 is 0 Å². The van der Waals surface area contributed by atoms with E-state index in [0.29, 0.717) is 5.92 Å². The molecule has 2 rings (SSSR count). The maximum absolute atomic E-state index is 6.02. The van der Waals surface area contributed by atoms with E-state index in [2.05, 4.69) is 44.0 Å². The molecule has 0 saturated carbocycles. The summed E-state index contributed by atoms with van der Waals surface area (Å²) >= 11 is 0. The minimum absolute atomic E-state index is 0.236. The molecule has 2 nitrogen and oxygen atoms in total. The van der Waals surface area contributed by atoms with Gasteiger partial charge in [0.2, 0.25) is 0 Å². The van der Waals surface area contributed by atoms with E-state index in [1.54, 1.807) is 0 Å². The summed E-state index contributed by atoms with van der Waals surface area (Å²) in [4.78, 5) is 2.30. The molecule has 1 heterocycles. The summed E-state index contributed by atoms with van der Waals surface area (Å²) in [5.41, 5.74) is 10.2. The van der Waals surface area contributed by atoms with Crippen LogP contribution in [0.25, 0.3) is 0 Å². The Morgan fingerprint density at radius 2 is 2.21 bits per heavy atom. The van der Waals surface area contributed by atoms with Crippen molar-refractivity contribution in [1.29, 1.82) is 0 Å². The van der Waals surface area contributed by atoms with Gasteiger partial charge < -0.3 is 10.6 Å². The minimum atomic E-state index is 0.236. The number of hydrogen-bond donors (Lipinski definition) is 1. The van der Waals surface area contributed by atoms with Crippen molar-refractivity contribution in [3.63, 3.8) is 0 Å². The number of hydrogen-bond acceptors (Lipinski definition) is 2. The molecule has 0 bridgehead atoms. The SMILES string of the molecule is Cc1cccc2c1C(C(C)N)CN2C. The Balaban J connectivity index is 2.51. The van der Waals surface area contributed by atoms with Crippen molar-refractivity contribution in [1.82, 2.24) is 0 Å². The van der Waals surface area contributed by atoms with E-state index in [0.717, 1.165) is 6.54 Å². The molecule has 1 aromatic rings. The highest BCUT2D eigenvalue weighted by Crippen LogP contribution is 2.38. The van der Waals surface area contributed by atoms with E-state index in [4.69, 9.17) is 5.73 Å². The predicted molar refractivity (Wildman–Crippen MR) is 60.8 cm³/mol. The topological polar surface area (TPSA) is 29.3 Å². The molecule has 0 saturated heterocycles. The third kappa shape index (κ3) is 1.30. The third-order valence-electron chi connectivity index (χ3n) is 3.19. The second-order valence-electron chi connectivity index (χ2n) is 4.35. The molecule has 0 amide bonds. The van der Waals surface area contributed by atoms with E-state index < -0.39 is 0 Å². The molecular formula is C12H18N2. The van der Waals surface area contributed by atoms with Gasteiger partial charge in [0.25, 0.3) is 0 Å². The number of nitrogens with zero attached hydrogens (tertiary/aromatic N) is 1. The highest BCUT2D eigenvalue weighted by molar-refractivity contribution is 5.62. The Morgan fingerprint density at radius 1 is 1.50 bits per heavy atom. The van der Waals surface area contributed by atoms with Crippen molar-refractivity contribution >= 4 is 5.69 Å². The highest BCUT2D eigenvalue weighted by atomic mass is 15.1. The van der Waals surface area contributed by atoms with E-state index >= 15 is 0 Å². The van der Waals surface area contributed by atoms with E-state index in [9.17, 15) is 0 Å². The molecule has 14 heavy (non-hydrogen) atoms. The Labute approximate surface area is 85.7 Å². The number of fused-ring (bicyclic) bond motifs is 1. The van der Waals surface area contributed by atoms with Gasteiger partial charge in [-0.05, 0) is 31.0 Å². The van der Waals surface area contributed by atoms with Gasteiger partial charge in [0, 0.05) is 31.2 Å². The summed E-state index contributed by atoms with van der Waals surface area (Å²) in [6, 6.07) is 6.71. The average Bonchev–Trinajstić information content (AvgIpc) is 2.46. The Hall–Kier alpha value is -1.02. The first-order valence-corrected chi connectivity index (χ1v) is 5.17. The van der Waals surface area contributed by atoms with E-state index in [-0.39, 0.29) is 6.04 Å². The van der Waals surface area contributed by atoms with Crippen LogP contribution in [0.5, 0.6) is 0 Å². The first-order chi connectivity index (χ1) is 6.61. The number of aryl methyl sites for hydroxylation is 1. The Kier molecular flexibility index (Phi) is 2.23. The molecule has 2 atom stereocenters. The maximum atomic E-state index is 6.02. The van der Waals surface area contributed by atoms with Gasteiger partial charge in [0.05, 0.1) is 0 Å². The fourth-order valence-corrected chi connectivity index (χ4v) is 2.39. The molecule has 0 spiro atoms. The minimum Gasteiger partial charge on any atom is -0.374 e. The van der Waals surface area contributed by atoms with E-state index in [1.807, 2.05) is 0 Å². The third-order valence-corrected chi connectivity index (χ3v) is 3.19. The molecule has 0 radical (unpaired) electrons. The molecule has 0 aromatic heterocycles. The summed E-state index contributed by atoms with van der Waals surface area (Å²) in [5, 5.41) is 0. The van der Waals surface area contributed by atoms with Crippen molar-refractivity contribution in [2.75, 3.05) is 18.5 Å². The van der Waals surface area contributed by atoms with Crippen LogP contribution < -0.4 is 10.6 Å². The number of benzene rings is 1. The predicted octanol–water partition coefficient (Wildman–Crippen LogP) is 1.88. The van der Waals surface area contributed by atoms with Crippen molar-refractivity contribution in [2.24, 2.45) is 5.73 Å². The summed E-state index contributed by atoms with van der Waals surface area (Å²) in [7, 11) is 2.14. The van der Waals surface area contributed by atoms with Gasteiger partial charge >= 0.3 is 0 Å². The number of likely N-dealkylation sites (N-methyl/N-ethyl adjacent to an activating group) is 1. The van der Waals surface area contributed by atoms with Crippen molar-refractivity contribution in [3.05, 3.63) is 29.3 Å². The second kappa shape index (κ2) is 3.28. The van der Waals surface area contributed by atoms with Gasteiger partial charge in [-0.2, -0.15) is 0 Å². The molecule has 2 unspecified atom stereocenters. The van der Waals surface area contributed by atoms with Gasteiger partial charge in [-0.25, -0.2) is 0 Å². The fraction of sp³-hybridized carbons (Fsp3) is 0.500. The molecule has 1 aliphatic heterocycles. The first-order valence-electron chi connectivity index (χ1n) is 5.17. The number of nitrogens with two attached hydrogens (primary N) is 1. The van der Waals surface area contributed by atoms with Crippen molar-refractivity contribution in [2.45, 2.75) is 25.8 Å². The van der Waals surface area contributed by atoms with Crippen LogP contribution in [0.3, 0.4) is 0 Å². The van der Waals surface area contributed by atoms with Crippen LogP contribution in [0.2, 0.25) is 0 Å². The first kappa shape index (κ1) is 9.53. The van der Waals surface area contributed by atoms with Gasteiger partial charge in [-0.1, -0.05) is 12.1 Å². The molecule has 76 valence electrons. The molecule has 1 aromatic carbocycles. The van der Waals surface area contributed by atoms with Crippen LogP contribution in [0.1, 0.15) is 24.0 Å². The smallest absolute Gasteiger partial charge is 0.0403 e. The molecule has 0 aliphatic carbocycles. The standard InChI is InChI=1S/C12H18N2/c1-8-5-4-6-11-12(8)10(9(2)13)7-14(11)3/h4-6,9-10H,7,13H2,1-3H3. The number of rotatable bonds is 1. The van der Waals surface area contributed by atoms with Gasteiger partial charge in [0.15, 0.2) is 0 Å². The average molecular weight is 190 g/mol. The van der Waals surface area contributed by atoms with Gasteiger partial charge in [-0.15, -0.1) is 0 Å². The van der Waals surface area contributed by atoms with Crippen molar-refractivity contribution in [3.8, 4) is 0 Å². The van der Waals surface area contributed by atoms with Gasteiger partial charge in [-0.3, -0.25) is 0 Å². The summed E-state index contributed by atoms with van der Waals surface area (Å²) < 4.78 is 0. The van der Waals surface area contributed by atoms with Gasteiger partial charge in [0.1, 0.15) is 0 Å². The lowest BCUT2D eigenvalue weighted by molar-refractivity contribution is 0.591. The van der Waals surface area contributed by atoms with Crippen LogP contribution in [0.15, 0.2) is 18.2 Å². The lowest BCUT2D eigenvalue weighted by Gasteiger charge is -2.16. The van der Waals surface area contributed by atoms with Crippen LogP contribution in [-0.4, -0.2) is 19.6 Å². The zero-order valence-electron chi connectivity index (χ0n) is 9.12. The maximum Gasteiger partial charge on any atom is 0.0403 e. The molecule has 2 heteroatoms. The zero-order valence-corrected chi connectivity index (χ0v) is 9.12. The van der Waals surface area contributed by atoms with Crippen LogP contribution >= 0.6 is 0 Å². The zero-order chi connectivity index (χ0) is 10.3. The van der Waals surface area contributed by atoms with Crippen LogP contribution in [0, 0.1) is 6.92 Å². The number of anilines is 1. The molecule has 0 fully saturated rings. The normalized spacial score (nSPS) is 22.3. The quantitative estimate of drug-likeness (QED) is 0.732. The molecular weight excluding hydrogens is 172 g/mol.